The second kappa shape index (κ2) is 5.15. The maximum atomic E-state index is 5.90. The van der Waals surface area contributed by atoms with Crippen molar-refractivity contribution in [3.8, 4) is 0 Å². The first-order valence-corrected chi connectivity index (χ1v) is 5.37. The number of aryl methyl sites for hydroxylation is 2. The van der Waals surface area contributed by atoms with Gasteiger partial charge in [-0.1, -0.05) is 13.3 Å². The minimum atomic E-state index is 0.299. The second-order valence-corrected chi connectivity index (χ2v) is 4.01. The molecule has 1 aromatic heterocycles. The molecule has 1 heterocycles. The molecule has 0 amide bonds. The summed E-state index contributed by atoms with van der Waals surface area (Å²) >= 11 is 0. The van der Waals surface area contributed by atoms with Gasteiger partial charge in [-0.2, -0.15) is 5.10 Å². The van der Waals surface area contributed by atoms with Crippen LogP contribution in [0.2, 0.25) is 0 Å². The largest absolute Gasteiger partial charge is 0.328 e. The second-order valence-electron chi connectivity index (χ2n) is 4.01. The maximum absolute atomic E-state index is 5.90. The summed E-state index contributed by atoms with van der Waals surface area (Å²) in [4.78, 5) is 0. The van der Waals surface area contributed by atoms with Gasteiger partial charge in [-0.3, -0.25) is 4.68 Å². The predicted molar refractivity (Wildman–Crippen MR) is 59.0 cm³/mol. The molecule has 0 saturated heterocycles. The molecule has 0 aromatic carbocycles. The summed E-state index contributed by atoms with van der Waals surface area (Å²) in [5.41, 5.74) is 7.20. The third-order valence-corrected chi connectivity index (χ3v) is 2.96. The van der Waals surface area contributed by atoms with Crippen molar-refractivity contribution in [1.29, 1.82) is 0 Å². The Bertz CT molecular complexity index is 265. The van der Waals surface area contributed by atoms with Crippen molar-refractivity contribution in [2.45, 2.75) is 39.2 Å². The molecule has 2 atom stereocenters. The van der Waals surface area contributed by atoms with Gasteiger partial charge in [0.2, 0.25) is 0 Å². The van der Waals surface area contributed by atoms with Crippen LogP contribution >= 0.6 is 0 Å². The van der Waals surface area contributed by atoms with E-state index in [0.29, 0.717) is 12.0 Å². The molecule has 0 radical (unpaired) electrons. The standard InChI is InChI=1S/C11H21N3/c1-4-10(9(2)12)5-6-11-7-8-13-14(11)3/h7-10H,4-6,12H2,1-3H3. The SMILES string of the molecule is CCC(CCc1ccnn1C)C(C)N. The lowest BCUT2D eigenvalue weighted by Crippen LogP contribution is -2.26. The van der Waals surface area contributed by atoms with Crippen molar-refractivity contribution in [2.24, 2.45) is 18.7 Å². The average molecular weight is 195 g/mol. The first-order chi connectivity index (χ1) is 6.65. The quantitative estimate of drug-likeness (QED) is 0.777. The lowest BCUT2D eigenvalue weighted by atomic mass is 9.93. The molecule has 0 aliphatic heterocycles. The monoisotopic (exact) mass is 195 g/mol. The summed E-state index contributed by atoms with van der Waals surface area (Å²) in [6.45, 7) is 4.30. The van der Waals surface area contributed by atoms with Crippen molar-refractivity contribution in [2.75, 3.05) is 0 Å². The summed E-state index contributed by atoms with van der Waals surface area (Å²) in [5, 5.41) is 4.15. The number of nitrogens with zero attached hydrogens (tertiary/aromatic N) is 2. The van der Waals surface area contributed by atoms with E-state index in [1.54, 1.807) is 0 Å². The Morgan fingerprint density at radius 3 is 2.71 bits per heavy atom. The van der Waals surface area contributed by atoms with Gasteiger partial charge < -0.3 is 5.73 Å². The van der Waals surface area contributed by atoms with Crippen LogP contribution in [0.5, 0.6) is 0 Å². The highest BCUT2D eigenvalue weighted by atomic mass is 15.2. The summed E-state index contributed by atoms with van der Waals surface area (Å²) in [6.07, 6.45) is 5.25. The molecule has 3 nitrogen and oxygen atoms in total. The smallest absolute Gasteiger partial charge is 0.0492 e. The highest BCUT2D eigenvalue weighted by Crippen LogP contribution is 2.15. The van der Waals surface area contributed by atoms with Crippen LogP contribution in [-0.4, -0.2) is 15.8 Å². The molecule has 0 aliphatic carbocycles. The van der Waals surface area contributed by atoms with E-state index >= 15 is 0 Å². The third-order valence-electron chi connectivity index (χ3n) is 2.96. The molecule has 1 aromatic rings. The third kappa shape index (κ3) is 2.84. The van der Waals surface area contributed by atoms with Gasteiger partial charge in [0.15, 0.2) is 0 Å². The number of nitrogens with two attached hydrogens (primary N) is 1. The van der Waals surface area contributed by atoms with Crippen LogP contribution in [0, 0.1) is 5.92 Å². The Morgan fingerprint density at radius 1 is 1.57 bits per heavy atom. The fourth-order valence-electron chi connectivity index (χ4n) is 1.82. The zero-order valence-corrected chi connectivity index (χ0v) is 9.40. The van der Waals surface area contributed by atoms with Crippen LogP contribution < -0.4 is 5.73 Å². The van der Waals surface area contributed by atoms with Crippen LogP contribution in [0.15, 0.2) is 12.3 Å². The molecule has 2 N–H and O–H groups in total. The lowest BCUT2D eigenvalue weighted by molar-refractivity contribution is 0.397. The minimum absolute atomic E-state index is 0.299. The van der Waals surface area contributed by atoms with E-state index in [4.69, 9.17) is 5.73 Å². The Balaban J connectivity index is 2.43. The van der Waals surface area contributed by atoms with E-state index in [1.165, 1.54) is 5.69 Å². The highest BCUT2D eigenvalue weighted by Gasteiger charge is 2.11. The summed E-state index contributed by atoms with van der Waals surface area (Å²) in [6, 6.07) is 2.38. The fourth-order valence-corrected chi connectivity index (χ4v) is 1.82. The summed E-state index contributed by atoms with van der Waals surface area (Å²) in [5.74, 6) is 0.630. The molecule has 0 spiro atoms. The highest BCUT2D eigenvalue weighted by molar-refractivity contribution is 5.00. The first kappa shape index (κ1) is 11.2. The molecular formula is C11H21N3. The van der Waals surface area contributed by atoms with Gasteiger partial charge in [0.25, 0.3) is 0 Å². The van der Waals surface area contributed by atoms with E-state index in [9.17, 15) is 0 Å². The molecule has 0 aliphatic rings. The van der Waals surface area contributed by atoms with E-state index < -0.39 is 0 Å². The van der Waals surface area contributed by atoms with Crippen LogP contribution in [-0.2, 0) is 13.5 Å². The van der Waals surface area contributed by atoms with Crippen LogP contribution in [0.1, 0.15) is 32.4 Å². The van der Waals surface area contributed by atoms with Crippen LogP contribution in [0.4, 0.5) is 0 Å². The van der Waals surface area contributed by atoms with Gasteiger partial charge in [0.05, 0.1) is 0 Å². The molecule has 0 bridgehead atoms. The summed E-state index contributed by atoms with van der Waals surface area (Å²) in [7, 11) is 1.99. The van der Waals surface area contributed by atoms with Crippen molar-refractivity contribution in [3.63, 3.8) is 0 Å². The van der Waals surface area contributed by atoms with E-state index in [0.717, 1.165) is 19.3 Å². The van der Waals surface area contributed by atoms with E-state index in [2.05, 4.69) is 25.0 Å². The Morgan fingerprint density at radius 2 is 2.29 bits per heavy atom. The molecule has 3 heteroatoms. The van der Waals surface area contributed by atoms with Gasteiger partial charge in [-0.05, 0) is 31.7 Å². The number of hydrogen-bond donors (Lipinski definition) is 1. The molecule has 14 heavy (non-hydrogen) atoms. The topological polar surface area (TPSA) is 43.8 Å². The Labute approximate surface area is 86.3 Å². The van der Waals surface area contributed by atoms with Crippen LogP contribution in [0.25, 0.3) is 0 Å². The van der Waals surface area contributed by atoms with Gasteiger partial charge >= 0.3 is 0 Å². The molecule has 2 unspecified atom stereocenters. The molecule has 80 valence electrons. The fraction of sp³-hybridized carbons (Fsp3) is 0.727. The maximum Gasteiger partial charge on any atom is 0.0492 e. The van der Waals surface area contributed by atoms with Crippen molar-refractivity contribution in [1.82, 2.24) is 9.78 Å². The van der Waals surface area contributed by atoms with Crippen molar-refractivity contribution >= 4 is 0 Å². The lowest BCUT2D eigenvalue weighted by Gasteiger charge is -2.18. The van der Waals surface area contributed by atoms with Gasteiger partial charge in [0, 0.05) is 25.0 Å². The average Bonchev–Trinajstić information content (AvgIpc) is 2.52. The minimum Gasteiger partial charge on any atom is -0.328 e. The van der Waals surface area contributed by atoms with Gasteiger partial charge in [-0.25, -0.2) is 0 Å². The number of hydrogen-bond acceptors (Lipinski definition) is 2. The Hall–Kier alpha value is -0.830. The van der Waals surface area contributed by atoms with E-state index in [1.807, 2.05) is 17.9 Å². The molecule has 0 fully saturated rings. The number of aromatic nitrogens is 2. The summed E-state index contributed by atoms with van der Waals surface area (Å²) < 4.78 is 1.94. The zero-order chi connectivity index (χ0) is 10.6. The zero-order valence-electron chi connectivity index (χ0n) is 9.40. The number of rotatable bonds is 5. The van der Waals surface area contributed by atoms with Crippen molar-refractivity contribution in [3.05, 3.63) is 18.0 Å². The van der Waals surface area contributed by atoms with E-state index in [-0.39, 0.29) is 0 Å². The Kier molecular flexibility index (Phi) is 4.14. The van der Waals surface area contributed by atoms with Crippen LogP contribution in [0.3, 0.4) is 0 Å². The van der Waals surface area contributed by atoms with Crippen molar-refractivity contribution < 1.29 is 0 Å². The van der Waals surface area contributed by atoms with Gasteiger partial charge in [0.1, 0.15) is 0 Å². The molecule has 0 saturated carbocycles. The molecular weight excluding hydrogens is 174 g/mol. The normalized spacial score (nSPS) is 15.4. The molecule has 1 rings (SSSR count). The first-order valence-electron chi connectivity index (χ1n) is 5.37. The van der Waals surface area contributed by atoms with Gasteiger partial charge in [-0.15, -0.1) is 0 Å². The predicted octanol–water partition coefficient (Wildman–Crippen LogP) is 1.73.